The monoisotopic (exact) mass is 310 g/mol. The van der Waals surface area contributed by atoms with Crippen molar-refractivity contribution < 1.29 is 10.2 Å². The summed E-state index contributed by atoms with van der Waals surface area (Å²) in [6.45, 7) is 0. The number of phenols is 2. The number of phenolic OH excluding ortho intramolecular Hbond substituents is 2. The van der Waals surface area contributed by atoms with Crippen LogP contribution in [0.25, 0.3) is 43.1 Å². The van der Waals surface area contributed by atoms with Gasteiger partial charge in [-0.15, -0.1) is 0 Å². The first kappa shape index (κ1) is 13.2. The molecule has 0 radical (unpaired) electrons. The van der Waals surface area contributed by atoms with Crippen molar-refractivity contribution >= 4 is 43.1 Å². The quantitative estimate of drug-likeness (QED) is 0.284. The highest BCUT2D eigenvalue weighted by atomic mass is 16.3. The van der Waals surface area contributed by atoms with E-state index >= 15 is 0 Å². The summed E-state index contributed by atoms with van der Waals surface area (Å²) >= 11 is 0. The smallest absolute Gasteiger partial charge is 0.166 e. The van der Waals surface area contributed by atoms with Crippen molar-refractivity contribution in [2.45, 2.75) is 0 Å². The third-order valence-electron chi connectivity index (χ3n) is 4.84. The summed E-state index contributed by atoms with van der Waals surface area (Å²) in [4.78, 5) is 0. The fourth-order valence-electron chi connectivity index (χ4n) is 3.78. The lowest BCUT2D eigenvalue weighted by molar-refractivity contribution is 0.408. The molecule has 0 saturated heterocycles. The van der Waals surface area contributed by atoms with Crippen molar-refractivity contribution in [1.82, 2.24) is 0 Å². The maximum absolute atomic E-state index is 10.6. The predicted molar refractivity (Wildman–Crippen MR) is 99.8 cm³/mol. The molecule has 0 atom stereocenters. The van der Waals surface area contributed by atoms with Gasteiger partial charge in [0, 0.05) is 10.8 Å². The third-order valence-corrected chi connectivity index (χ3v) is 4.84. The molecule has 2 nitrogen and oxygen atoms in total. The van der Waals surface area contributed by atoms with Gasteiger partial charge in [-0.3, -0.25) is 0 Å². The Bertz CT molecular complexity index is 1270. The van der Waals surface area contributed by atoms with E-state index in [-0.39, 0.29) is 11.5 Å². The summed E-state index contributed by atoms with van der Waals surface area (Å²) in [6.07, 6.45) is 0. The molecule has 2 N–H and O–H groups in total. The van der Waals surface area contributed by atoms with Gasteiger partial charge in [-0.05, 0) is 44.5 Å². The van der Waals surface area contributed by atoms with Crippen molar-refractivity contribution in [2.24, 2.45) is 0 Å². The van der Waals surface area contributed by atoms with Gasteiger partial charge < -0.3 is 10.2 Å². The van der Waals surface area contributed by atoms with E-state index in [2.05, 4.69) is 36.4 Å². The Hall–Kier alpha value is -3.26. The van der Waals surface area contributed by atoms with Crippen LogP contribution in [0.15, 0.2) is 72.8 Å². The number of benzene rings is 5. The van der Waals surface area contributed by atoms with E-state index in [1.54, 1.807) is 6.07 Å². The zero-order chi connectivity index (χ0) is 16.3. The van der Waals surface area contributed by atoms with E-state index in [4.69, 9.17) is 0 Å². The van der Waals surface area contributed by atoms with Gasteiger partial charge in [0.25, 0.3) is 0 Å². The largest absolute Gasteiger partial charge is 0.504 e. The van der Waals surface area contributed by atoms with Crippen molar-refractivity contribution in [2.75, 3.05) is 0 Å². The molecule has 2 heteroatoms. The van der Waals surface area contributed by atoms with Gasteiger partial charge in [0.05, 0.1) is 0 Å². The molecular weight excluding hydrogens is 296 g/mol. The summed E-state index contributed by atoms with van der Waals surface area (Å²) in [5.41, 5.74) is 0. The Morgan fingerprint density at radius 1 is 0.458 bits per heavy atom. The first-order chi connectivity index (χ1) is 11.8. The molecule has 5 aromatic rings. The lowest BCUT2D eigenvalue weighted by atomic mass is 9.90. The summed E-state index contributed by atoms with van der Waals surface area (Å²) < 4.78 is 0. The summed E-state index contributed by atoms with van der Waals surface area (Å²) in [5.74, 6) is -0.147. The summed E-state index contributed by atoms with van der Waals surface area (Å²) in [6, 6.07) is 24.0. The van der Waals surface area contributed by atoms with Gasteiger partial charge in [0.1, 0.15) is 0 Å². The molecule has 0 aliphatic heterocycles. The van der Waals surface area contributed by atoms with E-state index in [9.17, 15) is 10.2 Å². The summed E-state index contributed by atoms with van der Waals surface area (Å²) in [5, 5.41) is 28.8. The second kappa shape index (κ2) is 4.62. The SMILES string of the molecule is Oc1ccc2c3ccccc3c3ccc4ccccc4c3c2c1O. The van der Waals surface area contributed by atoms with Gasteiger partial charge >= 0.3 is 0 Å². The van der Waals surface area contributed by atoms with Crippen LogP contribution in [0.3, 0.4) is 0 Å². The van der Waals surface area contributed by atoms with Gasteiger partial charge in [-0.25, -0.2) is 0 Å². The Kier molecular flexibility index (Phi) is 2.54. The van der Waals surface area contributed by atoms with Gasteiger partial charge in [-0.1, -0.05) is 60.7 Å². The number of hydrogen-bond acceptors (Lipinski definition) is 2. The fourth-order valence-corrected chi connectivity index (χ4v) is 3.78. The zero-order valence-corrected chi connectivity index (χ0v) is 12.8. The van der Waals surface area contributed by atoms with Crippen molar-refractivity contribution in [3.8, 4) is 11.5 Å². The Balaban J connectivity index is 2.26. The molecule has 0 aromatic heterocycles. The van der Waals surface area contributed by atoms with Crippen LogP contribution < -0.4 is 0 Å². The van der Waals surface area contributed by atoms with E-state index in [1.807, 2.05) is 30.3 Å². The third kappa shape index (κ3) is 1.60. The fraction of sp³-hybridized carbons (Fsp3) is 0. The van der Waals surface area contributed by atoms with Crippen LogP contribution in [-0.4, -0.2) is 10.2 Å². The average Bonchev–Trinajstić information content (AvgIpc) is 2.64. The van der Waals surface area contributed by atoms with E-state index in [0.29, 0.717) is 5.39 Å². The van der Waals surface area contributed by atoms with E-state index < -0.39 is 0 Å². The van der Waals surface area contributed by atoms with Gasteiger partial charge in [-0.2, -0.15) is 0 Å². The molecule has 0 unspecified atom stereocenters. The second-order valence-corrected chi connectivity index (χ2v) is 6.11. The highest BCUT2D eigenvalue weighted by molar-refractivity contribution is 6.32. The molecule has 0 heterocycles. The van der Waals surface area contributed by atoms with Crippen LogP contribution in [0, 0.1) is 0 Å². The first-order valence-electron chi connectivity index (χ1n) is 7.92. The van der Waals surface area contributed by atoms with Gasteiger partial charge in [0.15, 0.2) is 11.5 Å². The highest BCUT2D eigenvalue weighted by Gasteiger charge is 2.15. The Morgan fingerprint density at radius 3 is 1.79 bits per heavy atom. The maximum atomic E-state index is 10.6. The van der Waals surface area contributed by atoms with Crippen LogP contribution in [-0.2, 0) is 0 Å². The van der Waals surface area contributed by atoms with Crippen LogP contribution in [0.1, 0.15) is 0 Å². The lowest BCUT2D eigenvalue weighted by Crippen LogP contribution is -1.86. The van der Waals surface area contributed by atoms with E-state index in [1.165, 1.54) is 0 Å². The Morgan fingerprint density at radius 2 is 1.04 bits per heavy atom. The molecular formula is C22H14O2. The topological polar surface area (TPSA) is 40.5 Å². The standard InChI is InChI=1S/C22H14O2/c23-19-12-11-18-16-8-4-3-7-15(16)17-10-9-13-5-1-2-6-14(13)20(17)21(18)22(19)24/h1-12,23-24H. The molecule has 0 amide bonds. The van der Waals surface area contributed by atoms with Crippen LogP contribution >= 0.6 is 0 Å². The zero-order valence-electron chi connectivity index (χ0n) is 12.8. The molecule has 0 fully saturated rings. The van der Waals surface area contributed by atoms with Crippen LogP contribution in [0.2, 0.25) is 0 Å². The van der Waals surface area contributed by atoms with Crippen molar-refractivity contribution in [3.63, 3.8) is 0 Å². The van der Waals surface area contributed by atoms with Crippen molar-refractivity contribution in [3.05, 3.63) is 72.8 Å². The second-order valence-electron chi connectivity index (χ2n) is 6.11. The molecule has 0 spiro atoms. The lowest BCUT2D eigenvalue weighted by Gasteiger charge is -2.14. The molecule has 0 aliphatic carbocycles. The first-order valence-corrected chi connectivity index (χ1v) is 7.92. The predicted octanol–water partition coefficient (Wildman–Crippen LogP) is 5.71. The molecule has 0 saturated carbocycles. The van der Waals surface area contributed by atoms with Crippen LogP contribution in [0.5, 0.6) is 11.5 Å². The van der Waals surface area contributed by atoms with Gasteiger partial charge in [0.2, 0.25) is 0 Å². The molecule has 0 bridgehead atoms. The van der Waals surface area contributed by atoms with Crippen LogP contribution in [0.4, 0.5) is 0 Å². The molecule has 24 heavy (non-hydrogen) atoms. The molecule has 114 valence electrons. The minimum Gasteiger partial charge on any atom is -0.504 e. The molecule has 5 aromatic carbocycles. The minimum absolute atomic E-state index is 0.0559. The number of hydrogen-bond donors (Lipinski definition) is 2. The average molecular weight is 310 g/mol. The summed E-state index contributed by atoms with van der Waals surface area (Å²) in [7, 11) is 0. The number of fused-ring (bicyclic) bond motifs is 8. The highest BCUT2D eigenvalue weighted by Crippen LogP contribution is 2.45. The minimum atomic E-state index is -0.0907. The van der Waals surface area contributed by atoms with E-state index in [0.717, 1.165) is 37.7 Å². The number of rotatable bonds is 0. The van der Waals surface area contributed by atoms with Crippen molar-refractivity contribution in [1.29, 1.82) is 0 Å². The maximum Gasteiger partial charge on any atom is 0.166 e. The molecule has 0 aliphatic rings. The Labute approximate surface area is 138 Å². The number of aromatic hydroxyl groups is 2. The normalized spacial score (nSPS) is 11.7. The molecule has 5 rings (SSSR count).